The molecule has 0 heterocycles. The molecule has 0 aromatic rings. The second-order valence-electron chi connectivity index (χ2n) is 5.40. The van der Waals surface area contributed by atoms with Gasteiger partial charge in [0.2, 0.25) is 12.1 Å². The lowest BCUT2D eigenvalue weighted by atomic mass is 10.1. The van der Waals surface area contributed by atoms with Crippen LogP contribution in [0.2, 0.25) is 0 Å². The maximum Gasteiger partial charge on any atom is 0.410 e. The summed E-state index contributed by atoms with van der Waals surface area (Å²) in [6.07, 6.45) is -1.03. The molecule has 0 saturated heterocycles. The average molecular weight is 343 g/mol. The number of Topliss-reactive ketones (excluding diaryl/α,β-unsaturated/α-hetero) is 1. The van der Waals surface area contributed by atoms with Crippen molar-refractivity contribution in [3.63, 3.8) is 0 Å². The summed E-state index contributed by atoms with van der Waals surface area (Å²) in [5.41, 5.74) is 8.28. The molecule has 9 nitrogen and oxygen atoms in total. The Balaban J connectivity index is 4.56. The van der Waals surface area contributed by atoms with Crippen molar-refractivity contribution >= 4 is 24.1 Å². The molecule has 0 aromatic carbocycles. The van der Waals surface area contributed by atoms with E-state index >= 15 is 0 Å². The predicted octanol–water partition coefficient (Wildman–Crippen LogP) is 1.31. The first-order chi connectivity index (χ1) is 11.3. The summed E-state index contributed by atoms with van der Waals surface area (Å²) in [7, 11) is 0. The monoisotopic (exact) mass is 343 g/mol. The van der Waals surface area contributed by atoms with Gasteiger partial charge in [-0.3, -0.25) is 4.79 Å². The van der Waals surface area contributed by atoms with Crippen molar-refractivity contribution in [1.82, 2.24) is 5.32 Å². The number of nitrogens with one attached hydrogen (secondary N) is 1. The largest absolute Gasteiger partial charge is 0.464 e. The quantitative estimate of drug-likeness (QED) is 0.198. The van der Waals surface area contributed by atoms with E-state index in [1.54, 1.807) is 13.8 Å². The van der Waals surface area contributed by atoms with Crippen LogP contribution in [-0.2, 0) is 23.8 Å². The second-order valence-corrected chi connectivity index (χ2v) is 5.40. The van der Waals surface area contributed by atoms with Crippen molar-refractivity contribution < 1.29 is 33.4 Å². The van der Waals surface area contributed by atoms with E-state index in [-0.39, 0.29) is 25.4 Å². The first kappa shape index (κ1) is 21.8. The third-order valence-electron chi connectivity index (χ3n) is 2.68. The standard InChI is InChI=1S/C15H25N3O6/c1-5-22-14(20)13(7-6-12(19)8-17-16)18-15(21)24-11(4)23-9-10(2)3/h8,10-11,13H,5-7,9H2,1-4H3,(H,18,21). The van der Waals surface area contributed by atoms with E-state index in [0.29, 0.717) is 6.61 Å². The molecule has 0 spiro atoms. The van der Waals surface area contributed by atoms with Crippen molar-refractivity contribution in [3.8, 4) is 0 Å². The first-order valence-corrected chi connectivity index (χ1v) is 7.75. The lowest BCUT2D eigenvalue weighted by molar-refractivity contribution is -0.146. The second kappa shape index (κ2) is 12.2. The van der Waals surface area contributed by atoms with E-state index < -0.39 is 30.2 Å². The highest BCUT2D eigenvalue weighted by Gasteiger charge is 2.24. The van der Waals surface area contributed by atoms with Gasteiger partial charge in [-0.25, -0.2) is 9.59 Å². The third-order valence-corrected chi connectivity index (χ3v) is 2.68. The van der Waals surface area contributed by atoms with Crippen molar-refractivity contribution in [3.05, 3.63) is 5.53 Å². The summed E-state index contributed by atoms with van der Waals surface area (Å²) >= 11 is 0. The van der Waals surface area contributed by atoms with Crippen molar-refractivity contribution in [2.45, 2.75) is 52.9 Å². The summed E-state index contributed by atoms with van der Waals surface area (Å²) < 4.78 is 15.1. The van der Waals surface area contributed by atoms with E-state index in [4.69, 9.17) is 19.7 Å². The molecule has 1 N–H and O–H groups in total. The van der Waals surface area contributed by atoms with Crippen LogP contribution in [0.15, 0.2) is 0 Å². The molecule has 0 aliphatic heterocycles. The van der Waals surface area contributed by atoms with Gasteiger partial charge in [0.25, 0.3) is 0 Å². The molecule has 24 heavy (non-hydrogen) atoms. The van der Waals surface area contributed by atoms with E-state index in [2.05, 4.69) is 10.1 Å². The van der Waals surface area contributed by atoms with E-state index in [1.807, 2.05) is 13.8 Å². The number of ether oxygens (including phenoxy) is 3. The Hall–Kier alpha value is -2.25. The van der Waals surface area contributed by atoms with Gasteiger partial charge in [0.05, 0.1) is 13.2 Å². The molecule has 0 aliphatic carbocycles. The predicted molar refractivity (Wildman–Crippen MR) is 84.2 cm³/mol. The number of hydrogen-bond donors (Lipinski definition) is 1. The molecule has 0 radical (unpaired) electrons. The van der Waals surface area contributed by atoms with E-state index in [0.717, 1.165) is 6.21 Å². The number of amides is 1. The van der Waals surface area contributed by atoms with Gasteiger partial charge in [-0.15, -0.1) is 0 Å². The van der Waals surface area contributed by atoms with Gasteiger partial charge < -0.3 is 25.1 Å². The average Bonchev–Trinajstić information content (AvgIpc) is 2.49. The maximum absolute atomic E-state index is 11.8. The summed E-state index contributed by atoms with van der Waals surface area (Å²) in [4.78, 5) is 37.6. The summed E-state index contributed by atoms with van der Waals surface area (Å²) in [5.74, 6) is -0.889. The van der Waals surface area contributed by atoms with Crippen LogP contribution in [0.25, 0.3) is 5.53 Å². The zero-order chi connectivity index (χ0) is 18.5. The van der Waals surface area contributed by atoms with Crippen LogP contribution in [0.1, 0.15) is 40.5 Å². The number of carbonyl (C=O) groups is 3. The molecule has 1 amide bonds. The lowest BCUT2D eigenvalue weighted by Gasteiger charge is -2.19. The number of esters is 1. The zero-order valence-electron chi connectivity index (χ0n) is 14.5. The fraction of sp³-hybridized carbons (Fsp3) is 0.733. The Morgan fingerprint density at radius 3 is 2.46 bits per heavy atom. The van der Waals surface area contributed by atoms with Crippen molar-refractivity contribution in [1.29, 1.82) is 0 Å². The highest BCUT2D eigenvalue weighted by molar-refractivity contribution is 6.25. The fourth-order valence-electron chi connectivity index (χ4n) is 1.60. The minimum absolute atomic E-state index is 0.0139. The molecule has 136 valence electrons. The number of nitrogens with zero attached hydrogens (tertiary/aromatic N) is 2. The molecule has 0 rings (SSSR count). The highest BCUT2D eigenvalue weighted by Crippen LogP contribution is 2.04. The summed E-state index contributed by atoms with van der Waals surface area (Å²) in [5, 5.41) is 2.34. The van der Waals surface area contributed by atoms with Crippen LogP contribution in [0.5, 0.6) is 0 Å². The topological polar surface area (TPSA) is 127 Å². The maximum atomic E-state index is 11.8. The Labute approximate surface area is 141 Å². The van der Waals surface area contributed by atoms with Crippen LogP contribution in [0.3, 0.4) is 0 Å². The Morgan fingerprint density at radius 2 is 1.92 bits per heavy atom. The number of hydrogen-bond acceptors (Lipinski definition) is 6. The normalized spacial score (nSPS) is 12.7. The molecule has 2 atom stereocenters. The van der Waals surface area contributed by atoms with Gasteiger partial charge in [0.15, 0.2) is 0 Å². The molecule has 0 fully saturated rings. The molecule has 9 heteroatoms. The van der Waals surface area contributed by atoms with Crippen molar-refractivity contribution in [2.24, 2.45) is 5.92 Å². The summed E-state index contributed by atoms with van der Waals surface area (Å²) in [6.45, 7) is 7.64. The Morgan fingerprint density at radius 1 is 1.25 bits per heavy atom. The number of carbonyl (C=O) groups excluding carboxylic acids is 3. The van der Waals surface area contributed by atoms with Gasteiger partial charge >= 0.3 is 18.3 Å². The zero-order valence-corrected chi connectivity index (χ0v) is 14.5. The van der Waals surface area contributed by atoms with Crippen molar-refractivity contribution in [2.75, 3.05) is 13.2 Å². The van der Waals surface area contributed by atoms with Gasteiger partial charge in [-0.05, 0) is 26.2 Å². The molecular weight excluding hydrogens is 318 g/mol. The van der Waals surface area contributed by atoms with Crippen LogP contribution in [0, 0.1) is 5.92 Å². The van der Waals surface area contributed by atoms with Gasteiger partial charge in [-0.1, -0.05) is 13.8 Å². The third kappa shape index (κ3) is 10.5. The van der Waals surface area contributed by atoms with E-state index in [1.165, 1.54) is 0 Å². The molecule has 2 unspecified atom stereocenters. The van der Waals surface area contributed by atoms with Crippen LogP contribution in [-0.4, -0.2) is 54.4 Å². The molecule has 0 aliphatic rings. The SMILES string of the molecule is CCOC(=O)C(CCC(=O)C=[N+]=[N-])NC(=O)OC(C)OCC(C)C. The fourth-order valence-corrected chi connectivity index (χ4v) is 1.60. The molecular formula is C15H25N3O6. The Bertz CT molecular complexity index is 474. The van der Waals surface area contributed by atoms with Crippen LogP contribution >= 0.6 is 0 Å². The molecule has 0 aromatic heterocycles. The Kier molecular flexibility index (Phi) is 11.1. The van der Waals surface area contributed by atoms with Crippen LogP contribution in [0.4, 0.5) is 4.79 Å². The van der Waals surface area contributed by atoms with Crippen LogP contribution < -0.4 is 5.32 Å². The molecule has 0 bridgehead atoms. The first-order valence-electron chi connectivity index (χ1n) is 7.75. The van der Waals surface area contributed by atoms with Gasteiger partial charge in [-0.2, -0.15) is 4.79 Å². The minimum atomic E-state index is -1.05. The molecule has 0 saturated carbocycles. The van der Waals surface area contributed by atoms with E-state index in [9.17, 15) is 14.4 Å². The number of alkyl carbamates (subject to hydrolysis) is 1. The smallest absolute Gasteiger partial charge is 0.410 e. The minimum Gasteiger partial charge on any atom is -0.464 e. The van der Waals surface area contributed by atoms with Gasteiger partial charge in [0.1, 0.15) is 6.04 Å². The van der Waals surface area contributed by atoms with Gasteiger partial charge in [0, 0.05) is 6.42 Å². The summed E-state index contributed by atoms with van der Waals surface area (Å²) in [6, 6.07) is -1.05. The number of rotatable bonds is 11. The highest BCUT2D eigenvalue weighted by atomic mass is 16.7. The lowest BCUT2D eigenvalue weighted by Crippen LogP contribution is -2.43. The number of ketones is 1.